The number of benzene rings is 1. The summed E-state index contributed by atoms with van der Waals surface area (Å²) in [6.07, 6.45) is -0.545. The highest BCUT2D eigenvalue weighted by Gasteiger charge is 2.18. The van der Waals surface area contributed by atoms with Crippen LogP contribution in [0.5, 0.6) is 11.5 Å². The van der Waals surface area contributed by atoms with E-state index in [4.69, 9.17) is 19.3 Å². The van der Waals surface area contributed by atoms with Crippen LogP contribution in [0, 0.1) is 0 Å². The van der Waals surface area contributed by atoms with E-state index < -0.39 is 12.1 Å². The fourth-order valence-electron chi connectivity index (χ4n) is 1.64. The molecule has 0 spiro atoms. The van der Waals surface area contributed by atoms with Crippen molar-refractivity contribution in [1.29, 1.82) is 0 Å². The van der Waals surface area contributed by atoms with E-state index >= 15 is 0 Å². The highest BCUT2D eigenvalue weighted by molar-refractivity contribution is 5.72. The summed E-state index contributed by atoms with van der Waals surface area (Å²) in [6, 6.07) is 5.31. The van der Waals surface area contributed by atoms with E-state index in [9.17, 15) is 4.79 Å². The van der Waals surface area contributed by atoms with Gasteiger partial charge in [0.2, 0.25) is 0 Å². The summed E-state index contributed by atoms with van der Waals surface area (Å²) in [6.45, 7) is 2.13. The fraction of sp³-hybridized carbons (Fsp3) is 0.462. The summed E-state index contributed by atoms with van der Waals surface area (Å²) >= 11 is 0. The number of carboxylic acid groups (broad SMARTS) is 1. The van der Waals surface area contributed by atoms with Crippen molar-refractivity contribution in [2.75, 3.05) is 20.8 Å². The van der Waals surface area contributed by atoms with Gasteiger partial charge in [-0.2, -0.15) is 0 Å². The SMILES string of the molecule is CCOC(Cc1ccc(OC)c(OC)c1)C(=O)O. The summed E-state index contributed by atoms with van der Waals surface area (Å²) in [4.78, 5) is 11.0. The zero-order valence-electron chi connectivity index (χ0n) is 10.8. The molecule has 5 nitrogen and oxygen atoms in total. The Labute approximate surface area is 106 Å². The number of aliphatic carboxylic acids is 1. The molecule has 0 radical (unpaired) electrons. The van der Waals surface area contributed by atoms with Crippen LogP contribution in [0.15, 0.2) is 18.2 Å². The van der Waals surface area contributed by atoms with Gasteiger partial charge in [-0.25, -0.2) is 4.79 Å². The van der Waals surface area contributed by atoms with Gasteiger partial charge >= 0.3 is 5.97 Å². The van der Waals surface area contributed by atoms with Crippen molar-refractivity contribution in [2.24, 2.45) is 0 Å². The molecular formula is C13H18O5. The van der Waals surface area contributed by atoms with Crippen molar-refractivity contribution >= 4 is 5.97 Å². The van der Waals surface area contributed by atoms with Gasteiger partial charge in [0.25, 0.3) is 0 Å². The zero-order chi connectivity index (χ0) is 13.5. The van der Waals surface area contributed by atoms with Crippen molar-refractivity contribution < 1.29 is 24.1 Å². The average Bonchev–Trinajstić information content (AvgIpc) is 2.37. The molecule has 5 heteroatoms. The van der Waals surface area contributed by atoms with E-state index in [1.165, 1.54) is 0 Å². The summed E-state index contributed by atoms with van der Waals surface area (Å²) in [7, 11) is 3.09. The maximum Gasteiger partial charge on any atom is 0.333 e. The van der Waals surface area contributed by atoms with Crippen LogP contribution in [0.2, 0.25) is 0 Å². The predicted molar refractivity (Wildman–Crippen MR) is 66.3 cm³/mol. The number of hydrogen-bond acceptors (Lipinski definition) is 4. The lowest BCUT2D eigenvalue weighted by Crippen LogP contribution is -2.26. The molecule has 1 aromatic carbocycles. The minimum absolute atomic E-state index is 0.295. The molecule has 0 bridgehead atoms. The van der Waals surface area contributed by atoms with E-state index in [0.29, 0.717) is 24.5 Å². The van der Waals surface area contributed by atoms with Crippen molar-refractivity contribution in [1.82, 2.24) is 0 Å². The molecule has 18 heavy (non-hydrogen) atoms. The second-order valence-corrected chi connectivity index (χ2v) is 3.68. The molecule has 1 N–H and O–H groups in total. The molecule has 100 valence electrons. The Balaban J connectivity index is 2.86. The predicted octanol–water partition coefficient (Wildman–Crippen LogP) is 1.74. The third-order valence-corrected chi connectivity index (χ3v) is 2.51. The third kappa shape index (κ3) is 3.63. The molecule has 0 aliphatic rings. The Morgan fingerprint density at radius 1 is 1.28 bits per heavy atom. The maximum atomic E-state index is 11.0. The van der Waals surface area contributed by atoms with Crippen molar-refractivity contribution in [3.63, 3.8) is 0 Å². The van der Waals surface area contributed by atoms with Gasteiger partial charge in [0.1, 0.15) is 0 Å². The van der Waals surface area contributed by atoms with E-state index in [0.717, 1.165) is 5.56 Å². The summed E-state index contributed by atoms with van der Waals surface area (Å²) in [5.41, 5.74) is 0.827. The smallest absolute Gasteiger partial charge is 0.333 e. The van der Waals surface area contributed by atoms with Gasteiger partial charge in [-0.3, -0.25) is 0 Å². The second kappa shape index (κ2) is 6.86. The number of carboxylic acids is 1. The standard InChI is InChI=1S/C13H18O5/c1-4-18-12(13(14)15)8-9-5-6-10(16-2)11(7-9)17-3/h5-7,12H,4,8H2,1-3H3,(H,14,15). The molecule has 0 saturated heterocycles. The highest BCUT2D eigenvalue weighted by atomic mass is 16.5. The van der Waals surface area contributed by atoms with Crippen LogP contribution in [-0.2, 0) is 16.0 Å². The van der Waals surface area contributed by atoms with E-state index in [1.54, 1.807) is 39.3 Å². The monoisotopic (exact) mass is 254 g/mol. The van der Waals surface area contributed by atoms with Gasteiger partial charge in [0, 0.05) is 13.0 Å². The lowest BCUT2D eigenvalue weighted by Gasteiger charge is -2.14. The van der Waals surface area contributed by atoms with Gasteiger partial charge in [0.05, 0.1) is 14.2 Å². The molecule has 1 unspecified atom stereocenters. The molecule has 0 aromatic heterocycles. The van der Waals surface area contributed by atoms with Crippen LogP contribution in [0.4, 0.5) is 0 Å². The Kier molecular flexibility index (Phi) is 5.45. The van der Waals surface area contributed by atoms with Crippen LogP contribution < -0.4 is 9.47 Å². The first-order valence-corrected chi connectivity index (χ1v) is 5.67. The summed E-state index contributed by atoms with van der Waals surface area (Å²) < 4.78 is 15.5. The normalized spacial score (nSPS) is 11.9. The first-order chi connectivity index (χ1) is 8.62. The van der Waals surface area contributed by atoms with Crippen molar-refractivity contribution in [3.05, 3.63) is 23.8 Å². The number of rotatable bonds is 7. The van der Waals surface area contributed by atoms with Crippen LogP contribution in [0.3, 0.4) is 0 Å². The highest BCUT2D eigenvalue weighted by Crippen LogP contribution is 2.28. The largest absolute Gasteiger partial charge is 0.493 e. The molecule has 0 heterocycles. The van der Waals surface area contributed by atoms with E-state index in [-0.39, 0.29) is 0 Å². The topological polar surface area (TPSA) is 65.0 Å². The second-order valence-electron chi connectivity index (χ2n) is 3.68. The molecule has 1 atom stereocenters. The third-order valence-electron chi connectivity index (χ3n) is 2.51. The molecule has 0 amide bonds. The quantitative estimate of drug-likeness (QED) is 0.802. The average molecular weight is 254 g/mol. The summed E-state index contributed by atoms with van der Waals surface area (Å²) in [5.74, 6) is 0.229. The maximum absolute atomic E-state index is 11.0. The van der Waals surface area contributed by atoms with Gasteiger partial charge < -0.3 is 19.3 Å². The Morgan fingerprint density at radius 2 is 1.94 bits per heavy atom. The van der Waals surface area contributed by atoms with E-state index in [2.05, 4.69) is 0 Å². The van der Waals surface area contributed by atoms with Crippen LogP contribution >= 0.6 is 0 Å². The van der Waals surface area contributed by atoms with Gasteiger partial charge in [-0.1, -0.05) is 6.07 Å². The Bertz CT molecular complexity index is 402. The fourth-order valence-corrected chi connectivity index (χ4v) is 1.64. The molecule has 0 aliphatic heterocycles. The summed E-state index contributed by atoms with van der Waals surface area (Å²) in [5, 5.41) is 9.01. The number of carbonyl (C=O) groups is 1. The molecule has 0 saturated carbocycles. The van der Waals surface area contributed by atoms with Crippen molar-refractivity contribution in [2.45, 2.75) is 19.4 Å². The number of hydrogen-bond donors (Lipinski definition) is 1. The minimum atomic E-state index is -0.966. The Hall–Kier alpha value is -1.75. The molecule has 0 fully saturated rings. The number of ether oxygens (including phenoxy) is 3. The molecule has 1 aromatic rings. The van der Waals surface area contributed by atoms with Gasteiger partial charge in [-0.05, 0) is 24.6 Å². The first kappa shape index (κ1) is 14.3. The van der Waals surface area contributed by atoms with E-state index in [1.807, 2.05) is 0 Å². The van der Waals surface area contributed by atoms with Gasteiger partial charge in [-0.15, -0.1) is 0 Å². The minimum Gasteiger partial charge on any atom is -0.493 e. The Morgan fingerprint density at radius 3 is 2.44 bits per heavy atom. The van der Waals surface area contributed by atoms with Crippen LogP contribution in [-0.4, -0.2) is 38.0 Å². The number of methoxy groups -OCH3 is 2. The molecule has 0 aliphatic carbocycles. The lowest BCUT2D eigenvalue weighted by atomic mass is 10.1. The lowest BCUT2D eigenvalue weighted by molar-refractivity contribution is -0.149. The van der Waals surface area contributed by atoms with Crippen LogP contribution in [0.1, 0.15) is 12.5 Å². The molecular weight excluding hydrogens is 236 g/mol. The molecule has 1 rings (SSSR count). The van der Waals surface area contributed by atoms with Gasteiger partial charge in [0.15, 0.2) is 17.6 Å². The first-order valence-electron chi connectivity index (χ1n) is 5.67. The van der Waals surface area contributed by atoms with Crippen LogP contribution in [0.25, 0.3) is 0 Å². The zero-order valence-corrected chi connectivity index (χ0v) is 10.8. The van der Waals surface area contributed by atoms with Crippen molar-refractivity contribution in [3.8, 4) is 11.5 Å².